The fraction of sp³-hybridized carbons (Fsp3) is 0.674. The average molecular weight is 1410 g/mol. The first-order valence-corrected chi connectivity index (χ1v) is 41.1. The van der Waals surface area contributed by atoms with Crippen molar-refractivity contribution in [2.45, 2.75) is 270 Å². The number of piperidine rings is 5. The van der Waals surface area contributed by atoms with Crippen molar-refractivity contribution in [1.82, 2.24) is 24.5 Å². The minimum absolute atomic E-state index is 0.195. The van der Waals surface area contributed by atoms with E-state index in [0.29, 0.717) is 99.4 Å². The summed E-state index contributed by atoms with van der Waals surface area (Å²) >= 11 is 0. The Balaban J connectivity index is 0.000000109. The van der Waals surface area contributed by atoms with Crippen LogP contribution in [0.15, 0.2) is 91.0 Å². The third-order valence-corrected chi connectivity index (χ3v) is 31.4. The summed E-state index contributed by atoms with van der Waals surface area (Å²) in [6.07, 6.45) is 20.3. The maximum atomic E-state index is 9.90. The zero-order valence-corrected chi connectivity index (χ0v) is 66.4. The van der Waals surface area contributed by atoms with E-state index in [0.717, 1.165) is 69.7 Å². The van der Waals surface area contributed by atoms with Crippen molar-refractivity contribution < 1.29 is 30.3 Å². The van der Waals surface area contributed by atoms with Crippen LogP contribution in [0.2, 0.25) is 0 Å². The summed E-state index contributed by atoms with van der Waals surface area (Å²) in [5.41, 5.74) is 16.3. The van der Waals surface area contributed by atoms with Crippen LogP contribution in [0.5, 0.6) is 28.7 Å². The van der Waals surface area contributed by atoms with E-state index in [9.17, 15) is 25.5 Å². The van der Waals surface area contributed by atoms with Crippen LogP contribution in [-0.2, 0) is 63.9 Å². The molecule has 0 amide bonds. The van der Waals surface area contributed by atoms with E-state index in [4.69, 9.17) is 4.74 Å². The lowest BCUT2D eigenvalue weighted by molar-refractivity contribution is 0.000426. The summed E-state index contributed by atoms with van der Waals surface area (Å²) in [6, 6.07) is 34.1. The standard InChI is InChI=1S/2C19H27NO.C19H29NO.C18H25NO.C17H25NO2/c1-13-17-10-14-4-5-15(21)11-16(14)19(13,3)8-9-20(17)12-18(2)6-7-18;1-12-18-10-15-6-7-16(21)11-17(15)19(12,3)8-9-20(18)13(2)14-4-5-14;1-13-17-10-14-6-7-15(21)11-16(14)19(13,5)8-9-20(17)12-18(2,3)4;1-12-17-9-14-5-6-15(20)10-16(14)18(12,2)7-8-19(17)11-13-3-4-13;1-12-16-10-13-4-5-14(19)11-15(13)17(12,2)6-7-18(16)8-9-20-3/h4-5,11,13,17,21H,6-10,12H2,1-3H3;6-7,11-14,18,21H,4-5,8-10H2,1-3H3;6-7,11,13,17,21H,8-10,12H2,1-5H3;5-6,10,12-13,17,20H,3-4,7-9,11H2,1-2H3;4-5,11-12,16,19H,6-10H2,1-3H3/t13?,17?,19-;12-,13+,18?,19+;13?,17?,19-;12-,17+,18+;12-,16?,17+/m10100/s1. The molecular formula is C92H133N5O6. The van der Waals surface area contributed by atoms with Crippen LogP contribution in [0, 0.1) is 52.3 Å². The first-order valence-electron chi connectivity index (χ1n) is 41.1. The summed E-state index contributed by atoms with van der Waals surface area (Å²) in [5, 5.41) is 49.3. The summed E-state index contributed by atoms with van der Waals surface area (Å²) in [4.78, 5) is 13.6. The van der Waals surface area contributed by atoms with Gasteiger partial charge in [-0.05, 0) is 338 Å². The Bertz CT molecular complexity index is 3780. The third-order valence-electron chi connectivity index (χ3n) is 31.4. The minimum atomic E-state index is 0.195. The number of rotatable bonds is 10. The highest BCUT2D eigenvalue weighted by molar-refractivity contribution is 5.49. The van der Waals surface area contributed by atoms with Gasteiger partial charge in [0.25, 0.3) is 0 Å². The third kappa shape index (κ3) is 14.3. The van der Waals surface area contributed by atoms with Crippen molar-refractivity contribution in [3.05, 3.63) is 147 Å². The molecule has 5 aromatic carbocycles. The molecule has 0 radical (unpaired) electrons. The maximum Gasteiger partial charge on any atom is 0.115 e. The van der Waals surface area contributed by atoms with Gasteiger partial charge in [-0.2, -0.15) is 0 Å². The lowest BCUT2D eigenvalue weighted by Crippen LogP contribution is -2.60. The van der Waals surface area contributed by atoms with E-state index in [1.165, 1.54) is 172 Å². The normalized spacial score (nSPS) is 35.3. The summed E-state index contributed by atoms with van der Waals surface area (Å²) < 4.78 is 5.25. The van der Waals surface area contributed by atoms with Gasteiger partial charge >= 0.3 is 0 Å². The van der Waals surface area contributed by atoms with Gasteiger partial charge in [-0.3, -0.25) is 24.5 Å². The maximum absolute atomic E-state index is 9.90. The second-order valence-corrected chi connectivity index (χ2v) is 38.9. The molecule has 5 heterocycles. The molecular weight excluding hydrogens is 1270 g/mol. The highest BCUT2D eigenvalue weighted by atomic mass is 16.5. The molecule has 5 saturated heterocycles. The number of ether oxygens (including phenoxy) is 1. The van der Waals surface area contributed by atoms with E-state index < -0.39 is 0 Å². The summed E-state index contributed by atoms with van der Waals surface area (Å²) in [7, 11) is 1.77. The van der Waals surface area contributed by atoms with E-state index >= 15 is 0 Å². The zero-order valence-electron chi connectivity index (χ0n) is 66.4. The fourth-order valence-electron chi connectivity index (χ4n) is 23.0. The summed E-state index contributed by atoms with van der Waals surface area (Å²) in [5.74, 6) is 7.30. The number of methoxy groups -OCH3 is 1. The number of benzene rings is 5. The molecule has 11 nitrogen and oxygen atoms in total. The van der Waals surface area contributed by atoms with E-state index in [-0.39, 0.29) is 27.1 Å². The molecule has 103 heavy (non-hydrogen) atoms. The van der Waals surface area contributed by atoms with Crippen LogP contribution in [-0.4, -0.2) is 159 Å². The molecule has 0 spiro atoms. The molecule has 13 aliphatic rings. The number of phenols is 5. The molecule has 5 aliphatic heterocycles. The topological polar surface area (TPSA) is 127 Å². The van der Waals surface area contributed by atoms with E-state index in [1.807, 2.05) is 60.7 Å². The Kier molecular flexibility index (Phi) is 20.4. The van der Waals surface area contributed by atoms with Crippen LogP contribution in [0.3, 0.4) is 0 Å². The van der Waals surface area contributed by atoms with Crippen molar-refractivity contribution in [1.29, 1.82) is 0 Å². The Morgan fingerprint density at radius 1 is 0.417 bits per heavy atom. The van der Waals surface area contributed by atoms with Crippen LogP contribution in [0.4, 0.5) is 0 Å². The van der Waals surface area contributed by atoms with E-state index in [2.05, 4.69) is 159 Å². The molecule has 0 aromatic heterocycles. The first kappa shape index (κ1) is 74.7. The Morgan fingerprint density at radius 2 is 0.738 bits per heavy atom. The molecule has 16 atom stereocenters. The second-order valence-electron chi connectivity index (χ2n) is 38.9. The van der Waals surface area contributed by atoms with Gasteiger partial charge in [-0.15, -0.1) is 0 Å². The smallest absolute Gasteiger partial charge is 0.115 e. The largest absolute Gasteiger partial charge is 0.508 e. The van der Waals surface area contributed by atoms with Crippen molar-refractivity contribution in [2.24, 2.45) is 52.3 Å². The lowest BCUT2D eigenvalue weighted by Gasteiger charge is -2.56. The monoisotopic (exact) mass is 1400 g/mol. The molecule has 562 valence electrons. The van der Waals surface area contributed by atoms with E-state index in [1.54, 1.807) is 7.11 Å². The molecule has 3 saturated carbocycles. The molecule has 11 heteroatoms. The Hall–Kier alpha value is -5.14. The fourth-order valence-corrected chi connectivity index (χ4v) is 23.0. The van der Waals surface area contributed by atoms with Gasteiger partial charge in [0.05, 0.1) is 6.61 Å². The number of fused-ring (bicyclic) bond motifs is 20. The number of nitrogens with zero attached hydrogens (tertiary/aromatic N) is 5. The number of phenolic OH excluding ortho intramolecular Hbond substituents is 5. The second kappa shape index (κ2) is 28.1. The molecule has 10 bridgehead atoms. The molecule has 18 rings (SSSR count). The molecule has 6 unspecified atom stereocenters. The van der Waals surface area contributed by atoms with Gasteiger partial charge in [0, 0.05) is 69.5 Å². The summed E-state index contributed by atoms with van der Waals surface area (Å²) in [6.45, 7) is 47.6. The van der Waals surface area contributed by atoms with Crippen LogP contribution >= 0.6 is 0 Å². The first-order chi connectivity index (χ1) is 48.8. The van der Waals surface area contributed by atoms with Gasteiger partial charge in [0.1, 0.15) is 28.7 Å². The molecule has 8 aliphatic carbocycles. The van der Waals surface area contributed by atoms with Crippen LogP contribution in [0.1, 0.15) is 230 Å². The SMILES string of the molecule is CC1C2Cc3ccc(O)cc3[C@]1(C)CCN2CC(C)(C)C.CC1C2Cc3ccc(O)cc3[C@]1(C)CCN2CC1(C)CC1.COCCN1CC[C@@]2(C)c3cc(O)ccc3CC1[C@@H]2C.C[C@H](C1CC1)N1CC[C@@]2(C)c3cc(O)ccc3CC1[C@@H]2C.C[C@H]1[C@H]2Cc3ccc(O)cc3[C@]1(C)CCN2CC1CC1. The number of hydrogen-bond acceptors (Lipinski definition) is 11. The van der Waals surface area contributed by atoms with Crippen molar-refractivity contribution in [2.75, 3.05) is 72.6 Å². The predicted octanol–water partition coefficient (Wildman–Crippen LogP) is 17.3. The Labute approximate surface area is 621 Å². The van der Waals surface area contributed by atoms with Gasteiger partial charge in [-0.1, -0.05) is 127 Å². The van der Waals surface area contributed by atoms with Gasteiger partial charge in [0.2, 0.25) is 0 Å². The zero-order chi connectivity index (χ0) is 73.3. The van der Waals surface area contributed by atoms with Crippen LogP contribution < -0.4 is 0 Å². The van der Waals surface area contributed by atoms with Crippen molar-refractivity contribution >= 4 is 0 Å². The van der Waals surface area contributed by atoms with Crippen molar-refractivity contribution in [3.63, 3.8) is 0 Å². The number of hydrogen-bond donors (Lipinski definition) is 5. The molecule has 8 fully saturated rings. The molecule has 5 aromatic rings. The van der Waals surface area contributed by atoms with Gasteiger partial charge < -0.3 is 30.3 Å². The minimum Gasteiger partial charge on any atom is -0.508 e. The average Bonchev–Trinajstić information content (AvgIpc) is 1.73. The highest BCUT2D eigenvalue weighted by Crippen LogP contribution is 2.57. The Morgan fingerprint density at radius 3 is 1.10 bits per heavy atom. The molecule has 5 N–H and O–H groups in total. The number of likely N-dealkylation sites (tertiary alicyclic amines) is 5. The number of aromatic hydroxyl groups is 5. The highest BCUT2D eigenvalue weighted by Gasteiger charge is 2.55. The quantitative estimate of drug-likeness (QED) is 0.0917. The van der Waals surface area contributed by atoms with Crippen molar-refractivity contribution in [3.8, 4) is 28.7 Å². The van der Waals surface area contributed by atoms with Crippen LogP contribution in [0.25, 0.3) is 0 Å². The van der Waals surface area contributed by atoms with Gasteiger partial charge in [-0.25, -0.2) is 0 Å². The lowest BCUT2D eigenvalue weighted by atomic mass is 9.58. The van der Waals surface area contributed by atoms with Gasteiger partial charge in [0.15, 0.2) is 0 Å². The predicted molar refractivity (Wildman–Crippen MR) is 420 cm³/mol.